The quantitative estimate of drug-likeness (QED) is 0.807. The third kappa shape index (κ3) is 5.47. The van der Waals surface area contributed by atoms with E-state index in [2.05, 4.69) is 17.1 Å². The Bertz CT molecular complexity index is 319. The van der Waals surface area contributed by atoms with Crippen LogP contribution in [0.15, 0.2) is 0 Å². The Hall–Kier alpha value is -0.810. The van der Waals surface area contributed by atoms with Crippen LogP contribution in [-0.2, 0) is 4.74 Å². The Morgan fingerprint density at radius 1 is 1.14 bits per heavy atom. The number of urea groups is 1. The second-order valence-electron chi connectivity index (χ2n) is 6.77. The SMILES string of the molecule is CC1CCN(CCCNC(=O)N2CC(C)OC(C)C2)CC1. The zero-order chi connectivity index (χ0) is 15.2. The highest BCUT2D eigenvalue weighted by Gasteiger charge is 2.25. The first-order chi connectivity index (χ1) is 10.0. The average molecular weight is 297 g/mol. The van der Waals surface area contributed by atoms with Gasteiger partial charge in [-0.1, -0.05) is 6.92 Å². The van der Waals surface area contributed by atoms with Gasteiger partial charge in [0.25, 0.3) is 0 Å². The van der Waals surface area contributed by atoms with Gasteiger partial charge in [0.2, 0.25) is 0 Å². The first kappa shape index (κ1) is 16.6. The van der Waals surface area contributed by atoms with E-state index in [1.807, 2.05) is 18.7 Å². The summed E-state index contributed by atoms with van der Waals surface area (Å²) in [5.41, 5.74) is 0. The molecule has 0 aliphatic carbocycles. The molecule has 5 heteroatoms. The maximum absolute atomic E-state index is 12.1. The lowest BCUT2D eigenvalue weighted by atomic mass is 9.99. The molecule has 0 aromatic heterocycles. The zero-order valence-corrected chi connectivity index (χ0v) is 13.8. The fourth-order valence-corrected chi connectivity index (χ4v) is 3.24. The van der Waals surface area contributed by atoms with Crippen LogP contribution in [0.25, 0.3) is 0 Å². The van der Waals surface area contributed by atoms with Crippen molar-refractivity contribution in [3.63, 3.8) is 0 Å². The topological polar surface area (TPSA) is 44.8 Å². The Labute approximate surface area is 129 Å². The molecule has 0 saturated carbocycles. The molecule has 1 N–H and O–H groups in total. The van der Waals surface area contributed by atoms with Gasteiger partial charge in [-0.2, -0.15) is 0 Å². The number of carbonyl (C=O) groups is 1. The van der Waals surface area contributed by atoms with Crippen LogP contribution in [0.3, 0.4) is 0 Å². The highest BCUT2D eigenvalue weighted by atomic mass is 16.5. The van der Waals surface area contributed by atoms with E-state index in [4.69, 9.17) is 4.74 Å². The Morgan fingerprint density at radius 3 is 2.38 bits per heavy atom. The van der Waals surface area contributed by atoms with E-state index in [0.29, 0.717) is 13.1 Å². The number of hydrogen-bond donors (Lipinski definition) is 1. The lowest BCUT2D eigenvalue weighted by molar-refractivity contribution is -0.0545. The summed E-state index contributed by atoms with van der Waals surface area (Å²) in [6.45, 7) is 12.1. The van der Waals surface area contributed by atoms with Crippen molar-refractivity contribution in [2.75, 3.05) is 39.3 Å². The number of carbonyl (C=O) groups excluding carboxylic acids is 1. The van der Waals surface area contributed by atoms with Gasteiger partial charge in [0.1, 0.15) is 0 Å². The van der Waals surface area contributed by atoms with Crippen molar-refractivity contribution >= 4 is 6.03 Å². The van der Waals surface area contributed by atoms with E-state index < -0.39 is 0 Å². The second kappa shape index (κ2) is 7.99. The molecule has 2 atom stereocenters. The minimum Gasteiger partial charge on any atom is -0.372 e. The van der Waals surface area contributed by atoms with Crippen LogP contribution in [-0.4, -0.2) is 67.3 Å². The summed E-state index contributed by atoms with van der Waals surface area (Å²) >= 11 is 0. The number of amides is 2. The fourth-order valence-electron chi connectivity index (χ4n) is 3.24. The summed E-state index contributed by atoms with van der Waals surface area (Å²) in [7, 11) is 0. The molecule has 0 aromatic carbocycles. The predicted octanol–water partition coefficient (Wildman–Crippen LogP) is 1.93. The summed E-state index contributed by atoms with van der Waals surface area (Å²) in [6.07, 6.45) is 3.94. The number of morpholine rings is 1. The van der Waals surface area contributed by atoms with Gasteiger partial charge in [-0.15, -0.1) is 0 Å². The molecule has 2 amide bonds. The standard InChI is InChI=1S/C16H31N3O2/c1-13-5-9-18(10-6-13)8-4-7-17-16(20)19-11-14(2)21-15(3)12-19/h13-15H,4-12H2,1-3H3,(H,17,20). The van der Waals surface area contributed by atoms with Gasteiger partial charge >= 0.3 is 6.03 Å². The van der Waals surface area contributed by atoms with Crippen molar-refractivity contribution in [3.8, 4) is 0 Å². The monoisotopic (exact) mass is 297 g/mol. The molecule has 0 bridgehead atoms. The summed E-state index contributed by atoms with van der Waals surface area (Å²) < 4.78 is 5.65. The third-order valence-electron chi connectivity index (χ3n) is 4.51. The molecule has 2 fully saturated rings. The van der Waals surface area contributed by atoms with Crippen LogP contribution >= 0.6 is 0 Å². The molecule has 122 valence electrons. The molecule has 21 heavy (non-hydrogen) atoms. The highest BCUT2D eigenvalue weighted by molar-refractivity contribution is 5.74. The molecule has 2 unspecified atom stereocenters. The number of ether oxygens (including phenoxy) is 1. The van der Waals surface area contributed by atoms with Gasteiger partial charge < -0.3 is 19.9 Å². The van der Waals surface area contributed by atoms with E-state index in [1.165, 1.54) is 25.9 Å². The minimum atomic E-state index is 0.0595. The smallest absolute Gasteiger partial charge is 0.317 e. The maximum atomic E-state index is 12.1. The van der Waals surface area contributed by atoms with Gasteiger partial charge in [-0.05, 0) is 58.7 Å². The summed E-state index contributed by atoms with van der Waals surface area (Å²) in [6, 6.07) is 0.0595. The van der Waals surface area contributed by atoms with E-state index >= 15 is 0 Å². The molecule has 0 radical (unpaired) electrons. The third-order valence-corrected chi connectivity index (χ3v) is 4.51. The fraction of sp³-hybridized carbons (Fsp3) is 0.938. The summed E-state index contributed by atoms with van der Waals surface area (Å²) in [5, 5.41) is 3.05. The van der Waals surface area contributed by atoms with Crippen molar-refractivity contribution in [1.29, 1.82) is 0 Å². The van der Waals surface area contributed by atoms with Crippen molar-refractivity contribution in [2.45, 2.75) is 52.2 Å². The number of nitrogens with zero attached hydrogens (tertiary/aromatic N) is 2. The van der Waals surface area contributed by atoms with Crippen molar-refractivity contribution < 1.29 is 9.53 Å². The van der Waals surface area contributed by atoms with Crippen molar-refractivity contribution in [2.24, 2.45) is 5.92 Å². The molecule has 5 nitrogen and oxygen atoms in total. The molecular formula is C16H31N3O2. The van der Waals surface area contributed by atoms with Gasteiger partial charge in [0.05, 0.1) is 12.2 Å². The zero-order valence-electron chi connectivity index (χ0n) is 13.8. The summed E-state index contributed by atoms with van der Waals surface area (Å²) in [5.74, 6) is 0.881. The van der Waals surface area contributed by atoms with Crippen LogP contribution in [0, 0.1) is 5.92 Å². The van der Waals surface area contributed by atoms with Gasteiger partial charge in [-0.3, -0.25) is 0 Å². The first-order valence-corrected chi connectivity index (χ1v) is 8.45. The average Bonchev–Trinajstić information content (AvgIpc) is 2.44. The Morgan fingerprint density at radius 2 is 1.76 bits per heavy atom. The molecular weight excluding hydrogens is 266 g/mol. The molecule has 0 spiro atoms. The first-order valence-electron chi connectivity index (χ1n) is 8.45. The van der Waals surface area contributed by atoms with Crippen LogP contribution in [0.2, 0.25) is 0 Å². The molecule has 2 saturated heterocycles. The number of rotatable bonds is 4. The lowest BCUT2D eigenvalue weighted by Gasteiger charge is -2.35. The van der Waals surface area contributed by atoms with Crippen LogP contribution in [0.1, 0.15) is 40.0 Å². The number of hydrogen-bond acceptors (Lipinski definition) is 3. The van der Waals surface area contributed by atoms with Gasteiger partial charge in [0.15, 0.2) is 0 Å². The summed E-state index contributed by atoms with van der Waals surface area (Å²) in [4.78, 5) is 16.5. The van der Waals surface area contributed by atoms with Crippen LogP contribution < -0.4 is 5.32 Å². The van der Waals surface area contributed by atoms with Crippen molar-refractivity contribution in [3.05, 3.63) is 0 Å². The van der Waals surface area contributed by atoms with Crippen LogP contribution in [0.4, 0.5) is 4.79 Å². The number of likely N-dealkylation sites (tertiary alicyclic amines) is 1. The van der Waals surface area contributed by atoms with E-state index in [0.717, 1.165) is 25.4 Å². The molecule has 0 aromatic rings. The van der Waals surface area contributed by atoms with Crippen molar-refractivity contribution in [1.82, 2.24) is 15.1 Å². The van der Waals surface area contributed by atoms with Gasteiger partial charge in [0, 0.05) is 19.6 Å². The number of piperidine rings is 1. The molecule has 2 heterocycles. The molecule has 2 aliphatic rings. The lowest BCUT2D eigenvalue weighted by Crippen LogP contribution is -2.51. The van der Waals surface area contributed by atoms with Gasteiger partial charge in [-0.25, -0.2) is 4.79 Å². The van der Waals surface area contributed by atoms with E-state index in [-0.39, 0.29) is 18.2 Å². The van der Waals surface area contributed by atoms with E-state index in [1.54, 1.807) is 0 Å². The molecule has 2 rings (SSSR count). The largest absolute Gasteiger partial charge is 0.372 e. The highest BCUT2D eigenvalue weighted by Crippen LogP contribution is 2.15. The van der Waals surface area contributed by atoms with Crippen LogP contribution in [0.5, 0.6) is 0 Å². The Balaban J connectivity index is 1.59. The second-order valence-corrected chi connectivity index (χ2v) is 6.77. The minimum absolute atomic E-state index is 0.0595. The predicted molar refractivity (Wildman–Crippen MR) is 84.4 cm³/mol. The normalized spacial score (nSPS) is 28.6. The Kier molecular flexibility index (Phi) is 6.30. The molecule has 2 aliphatic heterocycles. The number of nitrogens with one attached hydrogen (secondary N) is 1. The maximum Gasteiger partial charge on any atom is 0.317 e. The van der Waals surface area contributed by atoms with E-state index in [9.17, 15) is 4.79 Å².